The van der Waals surface area contributed by atoms with Crippen LogP contribution < -0.4 is 29.7 Å². The fourth-order valence-corrected chi connectivity index (χ4v) is 3.69. The van der Waals surface area contributed by atoms with Gasteiger partial charge < -0.3 is 24.3 Å². The van der Waals surface area contributed by atoms with E-state index >= 15 is 0 Å². The van der Waals surface area contributed by atoms with Crippen molar-refractivity contribution in [2.24, 2.45) is 5.10 Å². The van der Waals surface area contributed by atoms with Gasteiger partial charge in [0.2, 0.25) is 0 Å². The molecule has 198 valence electrons. The summed E-state index contributed by atoms with van der Waals surface area (Å²) in [5, 5.41) is 7.99. The molecule has 0 bridgehead atoms. The molecule has 0 fully saturated rings. The van der Waals surface area contributed by atoms with Crippen LogP contribution in [0.1, 0.15) is 15.9 Å². The van der Waals surface area contributed by atoms with E-state index in [-0.39, 0.29) is 11.3 Å². The predicted octanol–water partition coefficient (Wildman–Crippen LogP) is 4.17. The van der Waals surface area contributed by atoms with E-state index in [9.17, 15) is 14.4 Å². The van der Waals surface area contributed by atoms with Crippen molar-refractivity contribution in [3.05, 3.63) is 90.0 Å². The standard InChI is InChI=1S/C29H25N3O7/c1-36-21-12-10-20(11-13-21)31-27(33)28(34)32-30-17-23-22-7-5-4-6-18(22)8-14-24(23)39-29(35)19-9-15-25(37-2)26(16-19)38-3/h4-17H,1-3H3,(H,31,33)(H,32,34)/b30-17+. The fraction of sp³-hybridized carbons (Fsp3) is 0.103. The molecular formula is C29H25N3O7. The Morgan fingerprint density at radius 1 is 0.744 bits per heavy atom. The Balaban J connectivity index is 1.53. The first-order valence-electron chi connectivity index (χ1n) is 11.7. The number of nitrogens with one attached hydrogen (secondary N) is 2. The number of hydrogen-bond acceptors (Lipinski definition) is 8. The molecule has 0 spiro atoms. The number of fused-ring (bicyclic) bond motifs is 1. The largest absolute Gasteiger partial charge is 0.497 e. The van der Waals surface area contributed by atoms with Gasteiger partial charge in [-0.2, -0.15) is 5.10 Å². The molecular weight excluding hydrogens is 502 g/mol. The van der Waals surface area contributed by atoms with Gasteiger partial charge >= 0.3 is 17.8 Å². The second-order valence-electron chi connectivity index (χ2n) is 8.04. The molecule has 4 aromatic rings. The SMILES string of the molecule is COc1ccc(NC(=O)C(=O)N/N=C/c2c(OC(=O)c3ccc(OC)c(OC)c3)ccc3ccccc23)cc1. The van der Waals surface area contributed by atoms with Crippen molar-refractivity contribution in [1.82, 2.24) is 5.43 Å². The summed E-state index contributed by atoms with van der Waals surface area (Å²) < 4.78 is 21.2. The molecule has 2 amide bonds. The molecule has 0 unspecified atom stereocenters. The van der Waals surface area contributed by atoms with Crippen molar-refractivity contribution in [2.45, 2.75) is 0 Å². The first-order valence-corrected chi connectivity index (χ1v) is 11.7. The van der Waals surface area contributed by atoms with Crippen molar-refractivity contribution in [3.63, 3.8) is 0 Å². The number of benzene rings is 4. The number of carbonyl (C=O) groups is 3. The Hall–Kier alpha value is -5.38. The van der Waals surface area contributed by atoms with Crippen molar-refractivity contribution in [2.75, 3.05) is 26.6 Å². The fourth-order valence-electron chi connectivity index (χ4n) is 3.69. The molecule has 0 atom stereocenters. The quantitative estimate of drug-likeness (QED) is 0.116. The lowest BCUT2D eigenvalue weighted by atomic mass is 10.0. The second kappa shape index (κ2) is 12.2. The highest BCUT2D eigenvalue weighted by Crippen LogP contribution is 2.30. The number of methoxy groups -OCH3 is 3. The van der Waals surface area contributed by atoms with Gasteiger partial charge in [0.05, 0.1) is 33.1 Å². The van der Waals surface area contributed by atoms with Crippen LogP contribution in [0.5, 0.6) is 23.0 Å². The van der Waals surface area contributed by atoms with Crippen molar-refractivity contribution in [1.29, 1.82) is 0 Å². The van der Waals surface area contributed by atoms with Crippen molar-refractivity contribution in [3.8, 4) is 23.0 Å². The molecule has 2 N–H and O–H groups in total. The number of hydrogen-bond donors (Lipinski definition) is 2. The third-order valence-corrected chi connectivity index (χ3v) is 5.67. The van der Waals surface area contributed by atoms with Crippen LogP contribution in [0, 0.1) is 0 Å². The highest BCUT2D eigenvalue weighted by Gasteiger charge is 2.17. The number of carbonyl (C=O) groups excluding carboxylic acids is 3. The van der Waals surface area contributed by atoms with Crippen LogP contribution in [0.25, 0.3) is 10.8 Å². The highest BCUT2D eigenvalue weighted by atomic mass is 16.5. The summed E-state index contributed by atoms with van der Waals surface area (Å²) in [7, 11) is 4.49. The van der Waals surface area contributed by atoms with E-state index in [0.29, 0.717) is 28.5 Å². The molecule has 0 saturated heterocycles. The van der Waals surface area contributed by atoms with E-state index < -0.39 is 17.8 Å². The van der Waals surface area contributed by atoms with Crippen molar-refractivity contribution < 1.29 is 33.3 Å². The maximum absolute atomic E-state index is 13.0. The van der Waals surface area contributed by atoms with E-state index in [1.807, 2.05) is 24.3 Å². The molecule has 4 rings (SSSR count). The summed E-state index contributed by atoms with van der Waals surface area (Å²) in [6, 6.07) is 22.0. The predicted molar refractivity (Wildman–Crippen MR) is 146 cm³/mol. The molecule has 0 heterocycles. The molecule has 0 saturated carbocycles. The van der Waals surface area contributed by atoms with Crippen LogP contribution in [-0.4, -0.2) is 45.3 Å². The first kappa shape index (κ1) is 26.7. The minimum atomic E-state index is -0.980. The van der Waals surface area contributed by atoms with Gasteiger partial charge in [0.1, 0.15) is 11.5 Å². The number of nitrogens with zero attached hydrogens (tertiary/aromatic N) is 1. The highest BCUT2D eigenvalue weighted by molar-refractivity contribution is 6.39. The number of hydrazone groups is 1. The number of amides is 2. The normalized spacial score (nSPS) is 10.6. The third kappa shape index (κ3) is 6.31. The minimum Gasteiger partial charge on any atom is -0.497 e. The summed E-state index contributed by atoms with van der Waals surface area (Å²) in [4.78, 5) is 37.5. The third-order valence-electron chi connectivity index (χ3n) is 5.67. The molecule has 0 aliphatic heterocycles. The summed E-state index contributed by atoms with van der Waals surface area (Å²) in [6.45, 7) is 0. The van der Waals surface area contributed by atoms with Gasteiger partial charge in [-0.3, -0.25) is 9.59 Å². The zero-order valence-electron chi connectivity index (χ0n) is 21.4. The average Bonchev–Trinajstić information content (AvgIpc) is 2.97. The Kier molecular flexibility index (Phi) is 8.37. The lowest BCUT2D eigenvalue weighted by Crippen LogP contribution is -2.32. The summed E-state index contributed by atoms with van der Waals surface area (Å²) >= 11 is 0. The average molecular weight is 528 g/mol. The monoisotopic (exact) mass is 527 g/mol. The first-order chi connectivity index (χ1) is 18.9. The van der Waals surface area contributed by atoms with Gasteiger partial charge in [0.15, 0.2) is 11.5 Å². The Morgan fingerprint density at radius 3 is 2.18 bits per heavy atom. The van der Waals surface area contributed by atoms with E-state index in [1.165, 1.54) is 33.6 Å². The molecule has 10 nitrogen and oxygen atoms in total. The summed E-state index contributed by atoms with van der Waals surface area (Å²) in [5.74, 6) is -0.860. The molecule has 0 aliphatic rings. The molecule has 0 aliphatic carbocycles. The molecule has 4 aromatic carbocycles. The van der Waals surface area contributed by atoms with E-state index in [2.05, 4.69) is 15.8 Å². The van der Waals surface area contributed by atoms with Gasteiger partial charge in [-0.15, -0.1) is 0 Å². The van der Waals surface area contributed by atoms with Gasteiger partial charge in [-0.1, -0.05) is 30.3 Å². The van der Waals surface area contributed by atoms with E-state index in [1.54, 1.807) is 48.5 Å². The topological polar surface area (TPSA) is 125 Å². The van der Waals surface area contributed by atoms with Crippen LogP contribution in [0.15, 0.2) is 84.0 Å². The minimum absolute atomic E-state index is 0.203. The van der Waals surface area contributed by atoms with Crippen LogP contribution >= 0.6 is 0 Å². The zero-order chi connectivity index (χ0) is 27.8. The van der Waals surface area contributed by atoms with Gasteiger partial charge in [0.25, 0.3) is 0 Å². The van der Waals surface area contributed by atoms with Crippen molar-refractivity contribution >= 4 is 40.5 Å². The zero-order valence-corrected chi connectivity index (χ0v) is 21.4. The van der Waals surface area contributed by atoms with Crippen LogP contribution in [-0.2, 0) is 9.59 Å². The van der Waals surface area contributed by atoms with Gasteiger partial charge in [0, 0.05) is 11.3 Å². The lowest BCUT2D eigenvalue weighted by Gasteiger charge is -2.12. The van der Waals surface area contributed by atoms with Crippen LogP contribution in [0.3, 0.4) is 0 Å². The van der Waals surface area contributed by atoms with E-state index in [0.717, 1.165) is 10.8 Å². The number of anilines is 1. The Bertz CT molecular complexity index is 1550. The number of rotatable bonds is 8. The number of esters is 1. The summed E-state index contributed by atoms with van der Waals surface area (Å²) in [6.07, 6.45) is 1.32. The smallest absolute Gasteiger partial charge is 0.343 e. The summed E-state index contributed by atoms with van der Waals surface area (Å²) in [5.41, 5.74) is 3.29. The molecule has 0 aromatic heterocycles. The van der Waals surface area contributed by atoms with Crippen LogP contribution in [0.2, 0.25) is 0 Å². The second-order valence-corrected chi connectivity index (χ2v) is 8.04. The molecule has 39 heavy (non-hydrogen) atoms. The molecule has 10 heteroatoms. The maximum Gasteiger partial charge on any atom is 0.343 e. The maximum atomic E-state index is 13.0. The van der Waals surface area contributed by atoms with Gasteiger partial charge in [-0.05, 0) is 59.3 Å². The lowest BCUT2D eigenvalue weighted by molar-refractivity contribution is -0.136. The van der Waals surface area contributed by atoms with E-state index in [4.69, 9.17) is 18.9 Å². The number of ether oxygens (including phenoxy) is 4. The molecule has 0 radical (unpaired) electrons. The van der Waals surface area contributed by atoms with Gasteiger partial charge in [-0.25, -0.2) is 10.2 Å². The van der Waals surface area contributed by atoms with Crippen LogP contribution in [0.4, 0.5) is 5.69 Å². The Labute approximate surface area is 224 Å². The Morgan fingerprint density at radius 2 is 1.46 bits per heavy atom.